The van der Waals surface area contributed by atoms with Gasteiger partial charge in [0.05, 0.1) is 11.6 Å². The molecule has 0 saturated carbocycles. The van der Waals surface area contributed by atoms with Gasteiger partial charge in [0.15, 0.2) is 0 Å². The van der Waals surface area contributed by atoms with Gasteiger partial charge in [0, 0.05) is 10.7 Å². The van der Waals surface area contributed by atoms with E-state index >= 15 is 0 Å². The largest absolute Gasteiger partial charge is 0.303 e. The first-order valence-corrected chi connectivity index (χ1v) is 6.30. The molecule has 1 unspecified atom stereocenters. The van der Waals surface area contributed by atoms with Crippen LogP contribution in [0.15, 0.2) is 36.4 Å². The summed E-state index contributed by atoms with van der Waals surface area (Å²) < 4.78 is 13.0. The normalized spacial score (nSPS) is 12.2. The Kier molecular flexibility index (Phi) is 4.27. The Labute approximate surface area is 116 Å². The van der Waals surface area contributed by atoms with E-state index < -0.39 is 0 Å². The van der Waals surface area contributed by atoms with Crippen molar-refractivity contribution in [2.45, 2.75) is 19.3 Å². The van der Waals surface area contributed by atoms with Crippen molar-refractivity contribution in [1.29, 1.82) is 0 Å². The van der Waals surface area contributed by atoms with Crippen molar-refractivity contribution in [3.05, 3.63) is 64.2 Å². The third-order valence-electron chi connectivity index (χ3n) is 2.91. The van der Waals surface area contributed by atoms with Gasteiger partial charge in [-0.2, -0.15) is 0 Å². The summed E-state index contributed by atoms with van der Waals surface area (Å²) >= 11 is 5.97. The number of benzene rings is 1. The second-order valence-corrected chi connectivity index (χ2v) is 4.79. The maximum absolute atomic E-state index is 13.0. The Morgan fingerprint density at radius 2 is 2.16 bits per heavy atom. The molecule has 1 heterocycles. The Hall–Kier alpha value is -1.74. The molecule has 2 aromatic rings. The topological polar surface area (TPSA) is 30.0 Å². The first-order chi connectivity index (χ1) is 9.10. The molecule has 1 aromatic carbocycles. The number of aldehydes is 1. The van der Waals surface area contributed by atoms with Crippen LogP contribution < -0.4 is 0 Å². The van der Waals surface area contributed by atoms with Crippen LogP contribution in [0.3, 0.4) is 0 Å². The maximum Gasteiger partial charge on any atom is 0.129 e. The number of carbonyl (C=O) groups is 1. The third-order valence-corrected chi connectivity index (χ3v) is 3.26. The second-order valence-electron chi connectivity index (χ2n) is 4.39. The molecule has 0 aliphatic rings. The minimum Gasteiger partial charge on any atom is -0.303 e. The highest BCUT2D eigenvalue weighted by Crippen LogP contribution is 2.24. The van der Waals surface area contributed by atoms with Crippen molar-refractivity contribution in [3.63, 3.8) is 0 Å². The fraction of sp³-hybridized carbons (Fsp3) is 0.200. The molecular formula is C15H13ClFNO. The zero-order chi connectivity index (χ0) is 13.8. The fourth-order valence-electron chi connectivity index (χ4n) is 1.92. The van der Waals surface area contributed by atoms with Crippen LogP contribution in [0.5, 0.6) is 0 Å². The van der Waals surface area contributed by atoms with E-state index in [0.717, 1.165) is 17.5 Å². The maximum atomic E-state index is 13.0. The van der Waals surface area contributed by atoms with E-state index in [0.29, 0.717) is 17.1 Å². The highest BCUT2D eigenvalue weighted by Gasteiger charge is 2.15. The highest BCUT2D eigenvalue weighted by molar-refractivity contribution is 6.31. The lowest BCUT2D eigenvalue weighted by Crippen LogP contribution is -2.07. The Balaban J connectivity index is 2.26. The van der Waals surface area contributed by atoms with Gasteiger partial charge >= 0.3 is 0 Å². The molecule has 1 atom stereocenters. The zero-order valence-electron chi connectivity index (χ0n) is 10.4. The summed E-state index contributed by atoms with van der Waals surface area (Å²) in [6.45, 7) is 1.87. The number of aromatic nitrogens is 1. The summed E-state index contributed by atoms with van der Waals surface area (Å²) in [5, 5.41) is 0.333. The minimum atomic E-state index is -0.384. The number of aryl methyl sites for hydroxylation is 1. The van der Waals surface area contributed by atoms with Crippen LogP contribution in [0.2, 0.25) is 5.02 Å². The summed E-state index contributed by atoms with van der Waals surface area (Å²) in [5.41, 5.74) is 2.30. The molecule has 19 heavy (non-hydrogen) atoms. The molecule has 0 N–H and O–H groups in total. The molecule has 98 valence electrons. The van der Waals surface area contributed by atoms with Crippen LogP contribution in [-0.4, -0.2) is 11.3 Å². The number of hydrogen-bond acceptors (Lipinski definition) is 2. The smallest absolute Gasteiger partial charge is 0.129 e. The molecule has 4 heteroatoms. The monoisotopic (exact) mass is 277 g/mol. The summed E-state index contributed by atoms with van der Waals surface area (Å²) in [6.07, 6.45) is 1.26. The third kappa shape index (κ3) is 3.38. The van der Waals surface area contributed by atoms with E-state index in [1.165, 1.54) is 12.1 Å². The molecule has 2 nitrogen and oxygen atoms in total. The van der Waals surface area contributed by atoms with Gasteiger partial charge in [0.2, 0.25) is 0 Å². The van der Waals surface area contributed by atoms with Crippen molar-refractivity contribution in [2.75, 3.05) is 0 Å². The molecule has 0 spiro atoms. The summed E-state index contributed by atoms with van der Waals surface area (Å²) in [7, 11) is 0. The summed E-state index contributed by atoms with van der Waals surface area (Å²) in [5.74, 6) is -0.757. The second kappa shape index (κ2) is 5.93. The van der Waals surface area contributed by atoms with Crippen LogP contribution >= 0.6 is 11.6 Å². The van der Waals surface area contributed by atoms with Crippen molar-refractivity contribution in [3.8, 4) is 0 Å². The Morgan fingerprint density at radius 1 is 1.37 bits per heavy atom. The minimum absolute atomic E-state index is 0.333. The summed E-state index contributed by atoms with van der Waals surface area (Å²) in [4.78, 5) is 15.6. The van der Waals surface area contributed by atoms with Crippen molar-refractivity contribution in [1.82, 2.24) is 4.98 Å². The predicted molar refractivity (Wildman–Crippen MR) is 72.9 cm³/mol. The van der Waals surface area contributed by atoms with E-state index in [1.54, 1.807) is 6.07 Å². The van der Waals surface area contributed by atoms with Crippen molar-refractivity contribution < 1.29 is 9.18 Å². The van der Waals surface area contributed by atoms with Crippen molar-refractivity contribution in [2.24, 2.45) is 0 Å². The molecule has 0 amide bonds. The number of rotatable bonds is 4. The van der Waals surface area contributed by atoms with Gasteiger partial charge in [0.25, 0.3) is 0 Å². The van der Waals surface area contributed by atoms with E-state index in [1.807, 2.05) is 25.1 Å². The van der Waals surface area contributed by atoms with E-state index in [4.69, 9.17) is 11.6 Å². The van der Waals surface area contributed by atoms with E-state index in [-0.39, 0.29) is 11.7 Å². The number of carbonyl (C=O) groups excluding carboxylic acids is 1. The molecule has 0 fully saturated rings. The Bertz CT molecular complexity index is 600. The van der Waals surface area contributed by atoms with E-state index in [9.17, 15) is 9.18 Å². The van der Waals surface area contributed by atoms with Gasteiger partial charge < -0.3 is 4.79 Å². The number of nitrogens with zero attached hydrogens (tertiary/aromatic N) is 1. The van der Waals surface area contributed by atoms with Gasteiger partial charge in [-0.15, -0.1) is 0 Å². The lowest BCUT2D eigenvalue weighted by molar-refractivity contribution is -0.109. The Morgan fingerprint density at radius 3 is 2.79 bits per heavy atom. The van der Waals surface area contributed by atoms with Gasteiger partial charge in [-0.05, 0) is 43.2 Å². The average Bonchev–Trinajstić information content (AvgIpc) is 2.38. The molecule has 0 bridgehead atoms. The standard InChI is InChI=1S/C15H13ClFNO/c1-10-3-2-4-15(18-10)12(9-19)7-11-5-6-13(17)8-14(11)16/h2-6,8-9,12H,7H2,1H3. The molecule has 0 saturated heterocycles. The van der Waals surface area contributed by atoms with Crippen LogP contribution in [0, 0.1) is 12.7 Å². The SMILES string of the molecule is Cc1cccc(C(C=O)Cc2ccc(F)cc2Cl)n1. The first kappa shape index (κ1) is 13.7. The molecule has 2 rings (SSSR count). The fourth-order valence-corrected chi connectivity index (χ4v) is 2.16. The number of halogens is 2. The van der Waals surface area contributed by atoms with Crippen LogP contribution in [0.4, 0.5) is 4.39 Å². The molecule has 0 radical (unpaired) electrons. The zero-order valence-corrected chi connectivity index (χ0v) is 11.2. The first-order valence-electron chi connectivity index (χ1n) is 5.93. The molecular weight excluding hydrogens is 265 g/mol. The predicted octanol–water partition coefficient (Wildman–Crippen LogP) is 3.71. The van der Waals surface area contributed by atoms with Gasteiger partial charge in [0.1, 0.15) is 12.1 Å². The quantitative estimate of drug-likeness (QED) is 0.798. The van der Waals surface area contributed by atoms with Gasteiger partial charge in [-0.1, -0.05) is 23.7 Å². The average molecular weight is 278 g/mol. The highest BCUT2D eigenvalue weighted by atomic mass is 35.5. The lowest BCUT2D eigenvalue weighted by atomic mass is 9.97. The van der Waals surface area contributed by atoms with Crippen molar-refractivity contribution >= 4 is 17.9 Å². The van der Waals surface area contributed by atoms with Gasteiger partial charge in [-0.3, -0.25) is 4.98 Å². The van der Waals surface area contributed by atoms with Crippen LogP contribution in [0.1, 0.15) is 22.9 Å². The number of hydrogen-bond donors (Lipinski definition) is 0. The molecule has 0 aliphatic carbocycles. The summed E-state index contributed by atoms with van der Waals surface area (Å²) in [6, 6.07) is 9.74. The van der Waals surface area contributed by atoms with Gasteiger partial charge in [-0.25, -0.2) is 4.39 Å². The lowest BCUT2D eigenvalue weighted by Gasteiger charge is -2.11. The number of pyridine rings is 1. The van der Waals surface area contributed by atoms with Crippen LogP contribution in [0.25, 0.3) is 0 Å². The molecule has 0 aliphatic heterocycles. The van der Waals surface area contributed by atoms with E-state index in [2.05, 4.69) is 4.98 Å². The van der Waals surface area contributed by atoms with Crippen LogP contribution in [-0.2, 0) is 11.2 Å². The molecule has 1 aromatic heterocycles.